The highest BCUT2D eigenvalue weighted by Gasteiger charge is 2.27. The predicted octanol–water partition coefficient (Wildman–Crippen LogP) is 2.80. The molecule has 1 atom stereocenters. The van der Waals surface area contributed by atoms with Crippen LogP contribution in [0.4, 0.5) is 4.79 Å². The lowest BCUT2D eigenvalue weighted by Gasteiger charge is -2.34. The smallest absolute Gasteiger partial charge is 0.410 e. The number of nitrogens with zero attached hydrogens (tertiary/aromatic N) is 1. The molecule has 3 nitrogen and oxygen atoms in total. The lowest BCUT2D eigenvalue weighted by Crippen LogP contribution is -2.44. The summed E-state index contributed by atoms with van der Waals surface area (Å²) in [6.45, 7) is 8.64. The number of ether oxygens (including phenoxy) is 1. The molecule has 0 radical (unpaired) electrons. The number of carbonyl (C=O) groups excluding carboxylic acids is 1. The van der Waals surface area contributed by atoms with Crippen LogP contribution in [0.5, 0.6) is 0 Å². The summed E-state index contributed by atoms with van der Waals surface area (Å²) in [5.41, 5.74) is -0.381. The number of hydrogen-bond acceptors (Lipinski definition) is 2. The molecule has 3 heteroatoms. The van der Waals surface area contributed by atoms with Gasteiger partial charge >= 0.3 is 6.09 Å². The van der Waals surface area contributed by atoms with Gasteiger partial charge in [-0.05, 0) is 47.0 Å². The molecule has 0 spiro atoms. The van der Waals surface area contributed by atoms with Crippen molar-refractivity contribution in [2.24, 2.45) is 0 Å². The molecule has 0 unspecified atom stereocenters. The molecule has 1 aliphatic rings. The van der Waals surface area contributed by atoms with Crippen molar-refractivity contribution in [2.75, 3.05) is 6.54 Å². The maximum atomic E-state index is 11.7. The Bertz CT molecular complexity index is 208. The van der Waals surface area contributed by atoms with E-state index in [-0.39, 0.29) is 11.7 Å². The molecule has 0 saturated carbocycles. The second-order valence-electron chi connectivity index (χ2n) is 5.02. The van der Waals surface area contributed by atoms with Gasteiger partial charge in [-0.3, -0.25) is 0 Å². The zero-order valence-electron chi connectivity index (χ0n) is 9.67. The molecule has 0 N–H and O–H groups in total. The van der Waals surface area contributed by atoms with Crippen LogP contribution in [-0.2, 0) is 4.74 Å². The average molecular weight is 199 g/mol. The first-order valence-electron chi connectivity index (χ1n) is 5.40. The first kappa shape index (κ1) is 11.3. The minimum Gasteiger partial charge on any atom is -0.444 e. The molecule has 82 valence electrons. The van der Waals surface area contributed by atoms with Crippen molar-refractivity contribution in [2.45, 2.75) is 58.6 Å². The molecule has 0 aliphatic carbocycles. The summed E-state index contributed by atoms with van der Waals surface area (Å²) in [5, 5.41) is 0. The van der Waals surface area contributed by atoms with Gasteiger partial charge in [0.25, 0.3) is 0 Å². The molecule has 1 heterocycles. The normalized spacial score (nSPS) is 23.4. The number of carbonyl (C=O) groups is 1. The van der Waals surface area contributed by atoms with Gasteiger partial charge in [-0.15, -0.1) is 0 Å². The quantitative estimate of drug-likeness (QED) is 0.600. The van der Waals surface area contributed by atoms with Gasteiger partial charge < -0.3 is 9.64 Å². The monoisotopic (exact) mass is 199 g/mol. The molecule has 0 aromatic rings. The van der Waals surface area contributed by atoms with Gasteiger partial charge in [-0.25, -0.2) is 4.79 Å². The van der Waals surface area contributed by atoms with Crippen molar-refractivity contribution in [3.63, 3.8) is 0 Å². The van der Waals surface area contributed by atoms with Crippen LogP contribution in [0.15, 0.2) is 0 Å². The van der Waals surface area contributed by atoms with E-state index in [1.165, 1.54) is 6.42 Å². The van der Waals surface area contributed by atoms with Crippen molar-refractivity contribution < 1.29 is 9.53 Å². The van der Waals surface area contributed by atoms with Crippen LogP contribution >= 0.6 is 0 Å². The predicted molar refractivity (Wildman–Crippen MR) is 56.3 cm³/mol. The number of likely N-dealkylation sites (tertiary alicyclic amines) is 1. The van der Waals surface area contributed by atoms with Gasteiger partial charge in [0.2, 0.25) is 0 Å². The second kappa shape index (κ2) is 4.20. The van der Waals surface area contributed by atoms with Crippen LogP contribution < -0.4 is 0 Å². The molecule has 0 aromatic carbocycles. The Morgan fingerprint density at radius 3 is 2.50 bits per heavy atom. The Kier molecular flexibility index (Phi) is 3.40. The van der Waals surface area contributed by atoms with E-state index in [0.717, 1.165) is 19.4 Å². The first-order valence-corrected chi connectivity index (χ1v) is 5.40. The molecule has 1 saturated heterocycles. The molecule has 0 aromatic heterocycles. The number of rotatable bonds is 0. The van der Waals surface area contributed by atoms with Crippen molar-refractivity contribution in [3.05, 3.63) is 0 Å². The summed E-state index contributed by atoms with van der Waals surface area (Å²) in [6, 6.07) is 0.332. The number of amides is 1. The largest absolute Gasteiger partial charge is 0.444 e. The molecule has 1 fully saturated rings. The zero-order valence-corrected chi connectivity index (χ0v) is 9.67. The molecule has 1 rings (SSSR count). The van der Waals surface area contributed by atoms with Gasteiger partial charge in [0.15, 0.2) is 0 Å². The molecule has 1 amide bonds. The zero-order chi connectivity index (χ0) is 10.8. The topological polar surface area (TPSA) is 29.5 Å². The van der Waals surface area contributed by atoms with Crippen LogP contribution in [0.25, 0.3) is 0 Å². The van der Waals surface area contributed by atoms with Gasteiger partial charge in [-0.1, -0.05) is 0 Å². The molecule has 1 aliphatic heterocycles. The Labute approximate surface area is 86.4 Å². The maximum absolute atomic E-state index is 11.7. The SMILES string of the molecule is C[C@@H]1CCCCN1C(=O)OC(C)(C)C. The highest BCUT2D eigenvalue weighted by molar-refractivity contribution is 5.68. The Morgan fingerprint density at radius 1 is 1.36 bits per heavy atom. The number of piperidine rings is 1. The van der Waals surface area contributed by atoms with Crippen LogP contribution in [0.3, 0.4) is 0 Å². The van der Waals surface area contributed by atoms with E-state index in [9.17, 15) is 4.79 Å². The fourth-order valence-electron chi connectivity index (χ4n) is 1.69. The molecular weight excluding hydrogens is 178 g/mol. The average Bonchev–Trinajstić information content (AvgIpc) is 2.01. The summed E-state index contributed by atoms with van der Waals surface area (Å²) in [6.07, 6.45) is 3.26. The Morgan fingerprint density at radius 2 is 2.00 bits per heavy atom. The standard InChI is InChI=1S/C11H21NO2/c1-9-7-5-6-8-12(9)10(13)14-11(2,3)4/h9H,5-8H2,1-4H3/t9-/m1/s1. The van der Waals surface area contributed by atoms with Crippen LogP contribution in [-0.4, -0.2) is 29.2 Å². The third-order valence-corrected chi connectivity index (χ3v) is 2.43. The molecule has 14 heavy (non-hydrogen) atoms. The minimum atomic E-state index is -0.381. The van der Waals surface area contributed by atoms with E-state index >= 15 is 0 Å². The van der Waals surface area contributed by atoms with Crippen LogP contribution in [0.2, 0.25) is 0 Å². The summed E-state index contributed by atoms with van der Waals surface area (Å²) in [5.74, 6) is 0. The van der Waals surface area contributed by atoms with Crippen molar-refractivity contribution in [3.8, 4) is 0 Å². The van der Waals surface area contributed by atoms with E-state index in [1.807, 2.05) is 25.7 Å². The van der Waals surface area contributed by atoms with Gasteiger partial charge in [-0.2, -0.15) is 0 Å². The fraction of sp³-hybridized carbons (Fsp3) is 0.909. The van der Waals surface area contributed by atoms with Crippen LogP contribution in [0, 0.1) is 0 Å². The van der Waals surface area contributed by atoms with E-state index < -0.39 is 0 Å². The number of hydrogen-bond donors (Lipinski definition) is 0. The third kappa shape index (κ3) is 3.20. The second-order valence-corrected chi connectivity index (χ2v) is 5.02. The van der Waals surface area contributed by atoms with E-state index in [0.29, 0.717) is 6.04 Å². The minimum absolute atomic E-state index is 0.162. The Hall–Kier alpha value is -0.730. The van der Waals surface area contributed by atoms with Gasteiger partial charge in [0, 0.05) is 12.6 Å². The first-order chi connectivity index (χ1) is 6.40. The van der Waals surface area contributed by atoms with Crippen molar-refractivity contribution >= 4 is 6.09 Å². The van der Waals surface area contributed by atoms with E-state index in [2.05, 4.69) is 6.92 Å². The highest BCUT2D eigenvalue weighted by atomic mass is 16.6. The van der Waals surface area contributed by atoms with Crippen LogP contribution in [0.1, 0.15) is 47.0 Å². The van der Waals surface area contributed by atoms with E-state index in [4.69, 9.17) is 4.74 Å². The Balaban J connectivity index is 2.50. The summed E-state index contributed by atoms with van der Waals surface area (Å²) in [4.78, 5) is 13.6. The van der Waals surface area contributed by atoms with Crippen molar-refractivity contribution in [1.29, 1.82) is 0 Å². The third-order valence-electron chi connectivity index (χ3n) is 2.43. The molecular formula is C11H21NO2. The van der Waals surface area contributed by atoms with E-state index in [1.54, 1.807) is 0 Å². The fourth-order valence-corrected chi connectivity index (χ4v) is 1.69. The summed E-state index contributed by atoms with van der Waals surface area (Å²) < 4.78 is 5.33. The summed E-state index contributed by atoms with van der Waals surface area (Å²) in [7, 11) is 0. The summed E-state index contributed by atoms with van der Waals surface area (Å²) >= 11 is 0. The van der Waals surface area contributed by atoms with Gasteiger partial charge in [0.05, 0.1) is 0 Å². The lowest BCUT2D eigenvalue weighted by molar-refractivity contribution is 0.0121. The maximum Gasteiger partial charge on any atom is 0.410 e. The van der Waals surface area contributed by atoms with Gasteiger partial charge in [0.1, 0.15) is 5.60 Å². The lowest BCUT2D eigenvalue weighted by atomic mass is 10.0. The molecule has 0 bridgehead atoms. The van der Waals surface area contributed by atoms with Crippen molar-refractivity contribution in [1.82, 2.24) is 4.90 Å². The highest BCUT2D eigenvalue weighted by Crippen LogP contribution is 2.19.